The van der Waals surface area contributed by atoms with Gasteiger partial charge in [0.2, 0.25) is 10.0 Å². The fraction of sp³-hybridized carbons (Fsp3) is 0.647. The topological polar surface area (TPSA) is 90.9 Å². The minimum atomic E-state index is -3.41. The van der Waals surface area contributed by atoms with Crippen LogP contribution in [-0.2, 0) is 14.8 Å². The lowest BCUT2D eigenvalue weighted by atomic mass is 10.0. The number of ether oxygens (including phenoxy) is 1. The number of hydrogen-bond donors (Lipinski definition) is 3. The zero-order valence-corrected chi connectivity index (χ0v) is 15.2. The van der Waals surface area contributed by atoms with Crippen LogP contribution in [0.4, 0.5) is 0 Å². The van der Waals surface area contributed by atoms with E-state index >= 15 is 0 Å². The first-order valence-electron chi connectivity index (χ1n) is 8.79. The molecule has 2 saturated heterocycles. The quantitative estimate of drug-likeness (QED) is 0.665. The van der Waals surface area contributed by atoms with Gasteiger partial charge in [0.25, 0.3) is 0 Å². The monoisotopic (exact) mass is 369 g/mol. The molecule has 7 nitrogen and oxygen atoms in total. The molecule has 0 amide bonds. The number of sulfonamides is 1. The second-order valence-electron chi connectivity index (χ2n) is 6.83. The average molecular weight is 369 g/mol. The van der Waals surface area contributed by atoms with E-state index in [1.54, 1.807) is 28.6 Å². The highest BCUT2D eigenvalue weighted by Gasteiger charge is 2.32. The van der Waals surface area contributed by atoms with Crippen molar-refractivity contribution in [2.75, 3.05) is 45.9 Å². The highest BCUT2D eigenvalue weighted by molar-refractivity contribution is 7.89. The number of nitrogens with zero attached hydrogens (tertiary/aromatic N) is 1. The average Bonchev–Trinajstić information content (AvgIpc) is 2.86. The predicted octanol–water partition coefficient (Wildman–Crippen LogP) is -0.220. The van der Waals surface area contributed by atoms with Crippen LogP contribution < -0.4 is 10.6 Å². The highest BCUT2D eigenvalue weighted by Crippen LogP contribution is 2.20. The van der Waals surface area contributed by atoms with Gasteiger partial charge in [-0.2, -0.15) is 4.31 Å². The number of piperidine rings is 1. The van der Waals surface area contributed by atoms with Crippen molar-refractivity contribution in [1.82, 2.24) is 14.9 Å². The van der Waals surface area contributed by atoms with E-state index in [1.807, 2.05) is 6.07 Å². The van der Waals surface area contributed by atoms with Crippen LogP contribution in [0.1, 0.15) is 12.8 Å². The van der Waals surface area contributed by atoms with E-state index < -0.39 is 15.6 Å². The molecule has 3 N–H and O–H groups in total. The smallest absolute Gasteiger partial charge is 0.243 e. The third-order valence-corrected chi connectivity index (χ3v) is 6.72. The first-order valence-corrected chi connectivity index (χ1v) is 10.2. The summed E-state index contributed by atoms with van der Waals surface area (Å²) >= 11 is 0. The Morgan fingerprint density at radius 3 is 2.72 bits per heavy atom. The zero-order valence-electron chi connectivity index (χ0n) is 14.4. The largest absolute Gasteiger partial charge is 0.385 e. The molecule has 0 saturated carbocycles. The summed E-state index contributed by atoms with van der Waals surface area (Å²) in [6.07, 6.45) is 1.47. The van der Waals surface area contributed by atoms with Crippen molar-refractivity contribution < 1.29 is 18.3 Å². The Morgan fingerprint density at radius 2 is 2.00 bits per heavy atom. The van der Waals surface area contributed by atoms with Crippen molar-refractivity contribution in [2.45, 2.75) is 29.4 Å². The summed E-state index contributed by atoms with van der Waals surface area (Å²) < 4.78 is 32.2. The molecular weight excluding hydrogens is 342 g/mol. The fourth-order valence-corrected chi connectivity index (χ4v) is 4.76. The predicted molar refractivity (Wildman–Crippen MR) is 94.9 cm³/mol. The van der Waals surface area contributed by atoms with Crippen molar-refractivity contribution in [2.24, 2.45) is 0 Å². The molecule has 0 aliphatic carbocycles. The van der Waals surface area contributed by atoms with Crippen molar-refractivity contribution in [3.05, 3.63) is 30.3 Å². The Kier molecular flexibility index (Phi) is 6.08. The molecule has 2 aliphatic heterocycles. The number of benzene rings is 1. The molecule has 0 radical (unpaired) electrons. The van der Waals surface area contributed by atoms with Gasteiger partial charge in [0.15, 0.2) is 0 Å². The van der Waals surface area contributed by atoms with Gasteiger partial charge in [-0.3, -0.25) is 0 Å². The summed E-state index contributed by atoms with van der Waals surface area (Å²) in [6, 6.07) is 8.76. The molecule has 0 unspecified atom stereocenters. The van der Waals surface area contributed by atoms with Gasteiger partial charge in [-0.1, -0.05) is 18.2 Å². The molecule has 1 aromatic carbocycles. The Labute approximate surface area is 149 Å². The zero-order chi connectivity index (χ0) is 17.8. The molecule has 0 spiro atoms. The van der Waals surface area contributed by atoms with Crippen molar-refractivity contribution in [3.8, 4) is 0 Å². The number of rotatable bonds is 5. The van der Waals surface area contributed by atoms with E-state index in [4.69, 9.17) is 4.74 Å². The number of aliphatic hydroxyl groups is 1. The van der Waals surface area contributed by atoms with E-state index in [9.17, 15) is 13.5 Å². The second-order valence-corrected chi connectivity index (χ2v) is 8.76. The summed E-state index contributed by atoms with van der Waals surface area (Å²) in [5, 5.41) is 17.1. The molecule has 140 valence electrons. The van der Waals surface area contributed by atoms with Crippen LogP contribution in [0.5, 0.6) is 0 Å². The number of hydrogen-bond acceptors (Lipinski definition) is 6. The van der Waals surface area contributed by atoms with Gasteiger partial charge in [0.1, 0.15) is 5.60 Å². The van der Waals surface area contributed by atoms with E-state index in [0.29, 0.717) is 44.3 Å². The lowest BCUT2D eigenvalue weighted by Crippen LogP contribution is -2.54. The minimum absolute atomic E-state index is 0.203. The summed E-state index contributed by atoms with van der Waals surface area (Å²) in [5.74, 6) is 0. The fourth-order valence-electron chi connectivity index (χ4n) is 3.27. The van der Waals surface area contributed by atoms with Gasteiger partial charge in [-0.05, 0) is 25.0 Å². The Bertz CT molecular complexity index is 637. The molecule has 1 atom stereocenters. The third kappa shape index (κ3) is 4.78. The molecule has 2 fully saturated rings. The van der Waals surface area contributed by atoms with Gasteiger partial charge in [-0.25, -0.2) is 8.42 Å². The van der Waals surface area contributed by atoms with Crippen molar-refractivity contribution >= 4 is 10.0 Å². The normalized spacial score (nSPS) is 27.1. The van der Waals surface area contributed by atoms with E-state index in [1.165, 1.54) is 0 Å². The maximum absolute atomic E-state index is 12.6. The number of β-amino-alcohol motifs (C(OH)–C–C–N with tert-alkyl or cyclic N) is 1. The molecular formula is C17H27N3O4S. The minimum Gasteiger partial charge on any atom is -0.385 e. The molecule has 25 heavy (non-hydrogen) atoms. The molecule has 0 bridgehead atoms. The van der Waals surface area contributed by atoms with Crippen molar-refractivity contribution in [1.29, 1.82) is 0 Å². The standard InChI is InChI=1S/C17H27N3O4S/c21-17(12-18-8-11-24-14-17)13-19-15-6-9-20(10-7-15)25(22,23)16-4-2-1-3-5-16/h1-5,15,18-19,21H,6-14H2/t17-/m1/s1. The first kappa shape index (κ1) is 18.8. The lowest BCUT2D eigenvalue weighted by Gasteiger charge is -2.34. The summed E-state index contributed by atoms with van der Waals surface area (Å²) in [4.78, 5) is 0.345. The third-order valence-electron chi connectivity index (χ3n) is 4.80. The van der Waals surface area contributed by atoms with E-state index in [0.717, 1.165) is 19.4 Å². The molecule has 3 rings (SSSR count). The Hall–Kier alpha value is -1.03. The Morgan fingerprint density at radius 1 is 1.28 bits per heavy atom. The van der Waals surface area contributed by atoms with Crippen LogP contribution in [-0.4, -0.2) is 75.4 Å². The molecule has 2 heterocycles. The lowest BCUT2D eigenvalue weighted by molar-refractivity contribution is -0.0285. The van der Waals surface area contributed by atoms with Gasteiger partial charge < -0.3 is 20.5 Å². The van der Waals surface area contributed by atoms with Crippen LogP contribution in [0.25, 0.3) is 0 Å². The van der Waals surface area contributed by atoms with Crippen LogP contribution in [0.15, 0.2) is 35.2 Å². The van der Waals surface area contributed by atoms with Crippen LogP contribution in [0.3, 0.4) is 0 Å². The SMILES string of the molecule is O=S(=O)(c1ccccc1)N1CCC(NC[C@]2(O)CNCCOC2)CC1. The van der Waals surface area contributed by atoms with Crippen LogP contribution in [0, 0.1) is 0 Å². The maximum Gasteiger partial charge on any atom is 0.243 e. The van der Waals surface area contributed by atoms with Crippen LogP contribution >= 0.6 is 0 Å². The van der Waals surface area contributed by atoms with Gasteiger partial charge in [0.05, 0.1) is 18.1 Å². The number of nitrogens with one attached hydrogen (secondary N) is 2. The van der Waals surface area contributed by atoms with E-state index in [-0.39, 0.29) is 6.04 Å². The Balaban J connectivity index is 1.50. The molecule has 8 heteroatoms. The van der Waals surface area contributed by atoms with Gasteiger partial charge in [0, 0.05) is 38.8 Å². The summed E-state index contributed by atoms with van der Waals surface area (Å²) in [5.41, 5.74) is -0.913. The summed E-state index contributed by atoms with van der Waals surface area (Å²) in [6.45, 7) is 3.59. The van der Waals surface area contributed by atoms with Gasteiger partial charge in [-0.15, -0.1) is 0 Å². The highest BCUT2D eigenvalue weighted by atomic mass is 32.2. The van der Waals surface area contributed by atoms with Crippen molar-refractivity contribution in [3.63, 3.8) is 0 Å². The van der Waals surface area contributed by atoms with Gasteiger partial charge >= 0.3 is 0 Å². The van der Waals surface area contributed by atoms with Crippen LogP contribution in [0.2, 0.25) is 0 Å². The molecule has 1 aromatic rings. The molecule has 0 aromatic heterocycles. The van der Waals surface area contributed by atoms with E-state index in [2.05, 4.69) is 10.6 Å². The molecule has 2 aliphatic rings. The first-order chi connectivity index (χ1) is 12.0. The summed E-state index contributed by atoms with van der Waals surface area (Å²) in [7, 11) is -3.41. The maximum atomic E-state index is 12.6. The second kappa shape index (κ2) is 8.11.